The molecule has 1 N–H and O–H groups in total. The molecule has 2 rings (SSSR count). The fraction of sp³-hybridized carbons (Fsp3) is 1.00. The van der Waals surface area contributed by atoms with Crippen LogP contribution in [0, 0.1) is 0 Å². The van der Waals surface area contributed by atoms with E-state index in [1.165, 1.54) is 44.9 Å². The van der Waals surface area contributed by atoms with Crippen molar-refractivity contribution in [2.75, 3.05) is 13.4 Å². The van der Waals surface area contributed by atoms with Gasteiger partial charge in [-0.1, -0.05) is 0 Å². The zero-order valence-corrected chi connectivity index (χ0v) is 11.4. The molecule has 0 aromatic heterocycles. The van der Waals surface area contributed by atoms with Crippen LogP contribution in [0.25, 0.3) is 0 Å². The molecule has 2 aliphatic carbocycles. The fourth-order valence-electron chi connectivity index (χ4n) is 3.10. The van der Waals surface area contributed by atoms with Gasteiger partial charge in [0.05, 0.1) is 6.10 Å². The standard InChI is InChI=1S/C13H25NOS/c1-15-12-6-3-10(4-7-12)14-11-5-8-13(9-11)16-2/h10-14H,3-9H2,1-2H3. The van der Waals surface area contributed by atoms with Crippen LogP contribution in [-0.4, -0.2) is 36.8 Å². The van der Waals surface area contributed by atoms with Gasteiger partial charge in [0.1, 0.15) is 0 Å². The van der Waals surface area contributed by atoms with Crippen LogP contribution in [-0.2, 0) is 4.74 Å². The molecule has 0 aromatic carbocycles. The maximum Gasteiger partial charge on any atom is 0.0572 e. The number of nitrogens with one attached hydrogen (secondary N) is 1. The van der Waals surface area contributed by atoms with Crippen LogP contribution in [0.4, 0.5) is 0 Å². The van der Waals surface area contributed by atoms with Crippen molar-refractivity contribution in [3.8, 4) is 0 Å². The van der Waals surface area contributed by atoms with Gasteiger partial charge in [-0.3, -0.25) is 0 Å². The van der Waals surface area contributed by atoms with E-state index in [0.29, 0.717) is 6.10 Å². The molecule has 2 nitrogen and oxygen atoms in total. The van der Waals surface area contributed by atoms with Crippen LogP contribution in [0.3, 0.4) is 0 Å². The predicted octanol–water partition coefficient (Wildman–Crippen LogP) is 2.82. The van der Waals surface area contributed by atoms with Gasteiger partial charge in [0.25, 0.3) is 0 Å². The minimum absolute atomic E-state index is 0.528. The third-order valence-corrected chi connectivity index (χ3v) is 5.29. The predicted molar refractivity (Wildman–Crippen MR) is 71.1 cm³/mol. The van der Waals surface area contributed by atoms with Crippen LogP contribution in [0.5, 0.6) is 0 Å². The Morgan fingerprint density at radius 3 is 2.25 bits per heavy atom. The zero-order chi connectivity index (χ0) is 11.4. The van der Waals surface area contributed by atoms with Gasteiger partial charge in [-0.15, -0.1) is 0 Å². The molecule has 3 heteroatoms. The summed E-state index contributed by atoms with van der Waals surface area (Å²) in [6, 6.07) is 1.55. The topological polar surface area (TPSA) is 21.3 Å². The van der Waals surface area contributed by atoms with Crippen LogP contribution in [0.2, 0.25) is 0 Å². The largest absolute Gasteiger partial charge is 0.381 e. The molecule has 0 amide bonds. The van der Waals surface area contributed by atoms with Crippen molar-refractivity contribution in [1.82, 2.24) is 5.32 Å². The number of hydrogen-bond acceptors (Lipinski definition) is 3. The monoisotopic (exact) mass is 243 g/mol. The average molecular weight is 243 g/mol. The highest BCUT2D eigenvalue weighted by Crippen LogP contribution is 2.30. The summed E-state index contributed by atoms with van der Waals surface area (Å²) < 4.78 is 5.41. The number of methoxy groups -OCH3 is 1. The Kier molecular flexibility index (Phi) is 4.98. The molecule has 0 bridgehead atoms. The molecule has 2 unspecified atom stereocenters. The Bertz CT molecular complexity index is 204. The van der Waals surface area contributed by atoms with Gasteiger partial charge in [0.2, 0.25) is 0 Å². The van der Waals surface area contributed by atoms with Crippen LogP contribution in [0.15, 0.2) is 0 Å². The SMILES string of the molecule is COC1CCC(NC2CCC(SC)C2)CC1. The molecule has 0 saturated heterocycles. The minimum atomic E-state index is 0.528. The number of ether oxygens (including phenoxy) is 1. The molecule has 94 valence electrons. The molecular weight excluding hydrogens is 218 g/mol. The van der Waals surface area contributed by atoms with Gasteiger partial charge >= 0.3 is 0 Å². The van der Waals surface area contributed by atoms with Gasteiger partial charge in [-0.25, -0.2) is 0 Å². The number of hydrogen-bond donors (Lipinski definition) is 1. The smallest absolute Gasteiger partial charge is 0.0572 e. The molecule has 2 saturated carbocycles. The minimum Gasteiger partial charge on any atom is -0.381 e. The van der Waals surface area contributed by atoms with Crippen molar-refractivity contribution in [3.63, 3.8) is 0 Å². The first-order valence-electron chi connectivity index (χ1n) is 6.63. The lowest BCUT2D eigenvalue weighted by molar-refractivity contribution is 0.0612. The van der Waals surface area contributed by atoms with E-state index in [9.17, 15) is 0 Å². The van der Waals surface area contributed by atoms with Crippen LogP contribution < -0.4 is 5.32 Å². The fourth-order valence-corrected chi connectivity index (χ4v) is 3.90. The van der Waals surface area contributed by atoms with E-state index in [1.54, 1.807) is 0 Å². The van der Waals surface area contributed by atoms with Crippen LogP contribution >= 0.6 is 11.8 Å². The van der Waals surface area contributed by atoms with E-state index >= 15 is 0 Å². The molecule has 2 aliphatic rings. The Labute approximate surface area is 104 Å². The van der Waals surface area contributed by atoms with Gasteiger partial charge in [-0.2, -0.15) is 11.8 Å². The maximum atomic E-state index is 5.41. The van der Waals surface area contributed by atoms with Crippen LogP contribution in [0.1, 0.15) is 44.9 Å². The summed E-state index contributed by atoms with van der Waals surface area (Å²) >= 11 is 2.04. The summed E-state index contributed by atoms with van der Waals surface area (Å²) in [5.41, 5.74) is 0. The van der Waals surface area contributed by atoms with Crippen molar-refractivity contribution < 1.29 is 4.74 Å². The van der Waals surface area contributed by atoms with Crippen molar-refractivity contribution in [1.29, 1.82) is 0 Å². The summed E-state index contributed by atoms with van der Waals surface area (Å²) in [5, 5.41) is 4.77. The molecule has 0 radical (unpaired) electrons. The lowest BCUT2D eigenvalue weighted by Gasteiger charge is -2.30. The molecule has 0 aliphatic heterocycles. The second-order valence-corrected chi connectivity index (χ2v) is 6.38. The third kappa shape index (κ3) is 3.38. The molecule has 2 atom stereocenters. The molecule has 0 aromatic rings. The van der Waals surface area contributed by atoms with E-state index in [4.69, 9.17) is 4.74 Å². The second kappa shape index (κ2) is 6.27. The lowest BCUT2D eigenvalue weighted by Crippen LogP contribution is -2.40. The van der Waals surface area contributed by atoms with Crippen molar-refractivity contribution >= 4 is 11.8 Å². The average Bonchev–Trinajstić information content (AvgIpc) is 2.78. The van der Waals surface area contributed by atoms with E-state index in [2.05, 4.69) is 11.6 Å². The summed E-state index contributed by atoms with van der Waals surface area (Å²) in [6.07, 6.45) is 12.0. The first-order chi connectivity index (χ1) is 7.81. The van der Waals surface area contributed by atoms with E-state index in [-0.39, 0.29) is 0 Å². The Balaban J connectivity index is 1.67. The van der Waals surface area contributed by atoms with E-state index in [0.717, 1.165) is 17.3 Å². The molecule has 0 spiro atoms. The second-order valence-electron chi connectivity index (χ2n) is 5.24. The summed E-state index contributed by atoms with van der Waals surface area (Å²) in [7, 11) is 1.85. The quantitative estimate of drug-likeness (QED) is 0.820. The normalized spacial score (nSPS) is 40.1. The Hall–Kier alpha value is 0.270. The summed E-state index contributed by atoms with van der Waals surface area (Å²) in [4.78, 5) is 0. The summed E-state index contributed by atoms with van der Waals surface area (Å²) in [6.45, 7) is 0. The van der Waals surface area contributed by atoms with Crippen molar-refractivity contribution in [2.24, 2.45) is 0 Å². The zero-order valence-electron chi connectivity index (χ0n) is 10.6. The number of rotatable bonds is 4. The molecule has 2 fully saturated rings. The van der Waals surface area contributed by atoms with Crippen molar-refractivity contribution in [2.45, 2.75) is 68.4 Å². The molecule has 16 heavy (non-hydrogen) atoms. The van der Waals surface area contributed by atoms with E-state index < -0.39 is 0 Å². The van der Waals surface area contributed by atoms with Gasteiger partial charge in [0, 0.05) is 24.4 Å². The Morgan fingerprint density at radius 2 is 1.69 bits per heavy atom. The highest BCUT2D eigenvalue weighted by atomic mass is 32.2. The third-order valence-electron chi connectivity index (χ3n) is 4.20. The van der Waals surface area contributed by atoms with Gasteiger partial charge in [0.15, 0.2) is 0 Å². The highest BCUT2D eigenvalue weighted by molar-refractivity contribution is 7.99. The highest BCUT2D eigenvalue weighted by Gasteiger charge is 2.27. The van der Waals surface area contributed by atoms with Crippen molar-refractivity contribution in [3.05, 3.63) is 0 Å². The lowest BCUT2D eigenvalue weighted by atomic mass is 9.92. The first-order valence-corrected chi connectivity index (χ1v) is 7.92. The summed E-state index contributed by atoms with van der Waals surface area (Å²) in [5.74, 6) is 0. The maximum absolute atomic E-state index is 5.41. The van der Waals surface area contributed by atoms with Gasteiger partial charge < -0.3 is 10.1 Å². The van der Waals surface area contributed by atoms with E-state index in [1.807, 2.05) is 18.9 Å². The number of thioether (sulfide) groups is 1. The Morgan fingerprint density at radius 1 is 1.00 bits per heavy atom. The molecule has 0 heterocycles. The molecular formula is C13H25NOS. The first kappa shape index (κ1) is 12.7. The van der Waals surface area contributed by atoms with Gasteiger partial charge in [-0.05, 0) is 51.2 Å².